The van der Waals surface area contributed by atoms with Crippen molar-refractivity contribution in [1.29, 1.82) is 0 Å². The lowest BCUT2D eigenvalue weighted by Gasteiger charge is -2.66. The van der Waals surface area contributed by atoms with Crippen molar-refractivity contribution in [1.82, 2.24) is 4.57 Å². The van der Waals surface area contributed by atoms with Gasteiger partial charge < -0.3 is 36.0 Å². The highest BCUT2D eigenvalue weighted by Crippen LogP contribution is 2.63. The highest BCUT2D eigenvalue weighted by molar-refractivity contribution is 5.91. The summed E-state index contributed by atoms with van der Waals surface area (Å²) < 4.78 is 14.1. The van der Waals surface area contributed by atoms with E-state index < -0.39 is 5.41 Å². The minimum atomic E-state index is -0.904. The Kier molecular flexibility index (Phi) is 5.19. The molecule has 1 N–H and O–H groups in total. The molecule has 3 fully saturated rings. The van der Waals surface area contributed by atoms with E-state index in [1.807, 2.05) is 19.1 Å². The van der Waals surface area contributed by atoms with Crippen LogP contribution in [0.5, 0.6) is 5.75 Å². The van der Waals surface area contributed by atoms with Gasteiger partial charge in [0.25, 0.3) is 0 Å². The zero-order valence-electron chi connectivity index (χ0n) is 18.8. The number of aryl methyl sites for hydroxylation is 1. The summed E-state index contributed by atoms with van der Waals surface area (Å²) >= 11 is 0. The van der Waals surface area contributed by atoms with E-state index in [1.165, 1.54) is 29.3 Å². The number of aliphatic hydroxyl groups is 1. The van der Waals surface area contributed by atoms with Gasteiger partial charge in [-0.2, -0.15) is 0 Å². The van der Waals surface area contributed by atoms with Crippen molar-refractivity contribution in [2.24, 2.45) is 18.4 Å². The fourth-order valence-corrected chi connectivity index (χ4v) is 7.25. The number of esters is 1. The Morgan fingerprint density at radius 1 is 1.39 bits per heavy atom. The van der Waals surface area contributed by atoms with Gasteiger partial charge in [-0.15, -0.1) is 0 Å². The fraction of sp³-hybridized carbons (Fsp3) is 0.542. The molecule has 6 nitrogen and oxygen atoms in total. The SMILES string of the molecule is C/C=C1/C[N+]2(C)[C@H]3C[C@@H]1[C@@](CO)(C(=O)OC)[C@@H]2Cc1c3n(C)c2c(OC)cccc12.[Cl-]. The number of fused-ring (bicyclic) bond motifs is 4. The zero-order chi connectivity index (χ0) is 21.4. The Morgan fingerprint density at radius 3 is 2.74 bits per heavy atom. The smallest absolute Gasteiger partial charge is 0.320 e. The topological polar surface area (TPSA) is 60.7 Å². The number of carbonyl (C=O) groups excluding carboxylic acids is 1. The van der Waals surface area contributed by atoms with E-state index in [0.29, 0.717) is 0 Å². The molecular weight excluding hydrogens is 416 g/mol. The maximum Gasteiger partial charge on any atom is 0.320 e. The number of para-hydroxylation sites is 1. The lowest BCUT2D eigenvalue weighted by atomic mass is 9.54. The first-order valence-corrected chi connectivity index (χ1v) is 10.7. The van der Waals surface area contributed by atoms with Crippen molar-refractivity contribution in [3.8, 4) is 5.75 Å². The molecule has 1 aromatic carbocycles. The molecule has 7 heteroatoms. The Bertz CT molecular complexity index is 1090. The molecule has 3 saturated heterocycles. The number of quaternary nitrogens is 1. The molecule has 4 aliphatic rings. The molecule has 1 aromatic heterocycles. The lowest BCUT2D eigenvalue weighted by Crippen LogP contribution is -3.00. The molecule has 4 bridgehead atoms. The van der Waals surface area contributed by atoms with E-state index in [9.17, 15) is 9.90 Å². The van der Waals surface area contributed by atoms with E-state index in [0.717, 1.165) is 35.1 Å². The van der Waals surface area contributed by atoms with Gasteiger partial charge in [0.15, 0.2) is 0 Å². The first-order chi connectivity index (χ1) is 14.4. The number of halogens is 1. The number of methoxy groups -OCH3 is 2. The van der Waals surface area contributed by atoms with Gasteiger partial charge in [0.2, 0.25) is 0 Å². The van der Waals surface area contributed by atoms with Crippen LogP contribution in [0.25, 0.3) is 10.9 Å². The first kappa shape index (κ1) is 22.2. The molecule has 4 aliphatic heterocycles. The Labute approximate surface area is 189 Å². The van der Waals surface area contributed by atoms with Crippen LogP contribution in [0, 0.1) is 11.3 Å². The maximum absolute atomic E-state index is 13.3. The standard InChI is InChI=1S/C24H31N2O4.ClH/c1-6-14-12-26(3)18-11-17(14)24(13-27,23(28)30-5)20(26)10-16-15-8-7-9-19(29-4)22(15)25(2)21(16)18;/h6-9,17-18,20,27H,10-13H2,1-5H3;1H/q+1;/p-1/b14-6-;/t17-,18-,20-,24+,26?;/m0./s1. The highest BCUT2D eigenvalue weighted by Gasteiger charge is 2.72. The number of rotatable bonds is 3. The number of aromatic nitrogens is 1. The number of ether oxygens (including phenoxy) is 2. The normalized spacial score (nSPS) is 34.4. The average molecular weight is 447 g/mol. The van der Waals surface area contributed by atoms with Gasteiger partial charge >= 0.3 is 5.97 Å². The average Bonchev–Trinajstić information content (AvgIpc) is 3.04. The van der Waals surface area contributed by atoms with Crippen LogP contribution in [-0.4, -0.2) is 60.6 Å². The van der Waals surface area contributed by atoms with Gasteiger partial charge in [0.1, 0.15) is 29.8 Å². The van der Waals surface area contributed by atoms with E-state index in [4.69, 9.17) is 9.47 Å². The Balaban J connectivity index is 0.00000231. The zero-order valence-corrected chi connectivity index (χ0v) is 19.6. The van der Waals surface area contributed by atoms with Gasteiger partial charge in [0, 0.05) is 31.2 Å². The van der Waals surface area contributed by atoms with Crippen LogP contribution in [0.2, 0.25) is 0 Å². The van der Waals surface area contributed by atoms with Gasteiger partial charge in [-0.05, 0) is 24.1 Å². The molecule has 0 spiro atoms. The van der Waals surface area contributed by atoms with Crippen LogP contribution >= 0.6 is 0 Å². The number of hydrogen-bond acceptors (Lipinski definition) is 4. The molecule has 0 aliphatic carbocycles. The number of carbonyl (C=O) groups is 1. The molecule has 0 amide bonds. The van der Waals surface area contributed by atoms with Crippen molar-refractivity contribution < 1.29 is 36.3 Å². The van der Waals surface area contributed by atoms with Gasteiger partial charge in [-0.3, -0.25) is 4.79 Å². The molecule has 168 valence electrons. The van der Waals surface area contributed by atoms with Crippen LogP contribution in [-0.2, 0) is 23.0 Å². The minimum Gasteiger partial charge on any atom is -1.00 e. The predicted octanol–water partition coefficient (Wildman–Crippen LogP) is -0.265. The summed E-state index contributed by atoms with van der Waals surface area (Å²) in [4.78, 5) is 13.3. The van der Waals surface area contributed by atoms with E-state index in [2.05, 4.69) is 30.8 Å². The fourth-order valence-electron chi connectivity index (χ4n) is 7.25. The van der Waals surface area contributed by atoms with Crippen molar-refractivity contribution in [2.75, 3.05) is 34.4 Å². The summed E-state index contributed by atoms with van der Waals surface area (Å²) in [5.74, 6) is 0.600. The number of likely N-dealkylation sites (N-methyl/N-ethyl adjacent to an activating group) is 1. The van der Waals surface area contributed by atoms with Crippen molar-refractivity contribution >= 4 is 16.9 Å². The lowest BCUT2D eigenvalue weighted by molar-refractivity contribution is -0.981. The molecule has 6 rings (SSSR count). The molecule has 31 heavy (non-hydrogen) atoms. The van der Waals surface area contributed by atoms with Gasteiger partial charge in [0.05, 0.1) is 39.1 Å². The summed E-state index contributed by atoms with van der Waals surface area (Å²) in [7, 11) is 7.56. The van der Waals surface area contributed by atoms with Crippen LogP contribution in [0.15, 0.2) is 29.8 Å². The first-order valence-electron chi connectivity index (χ1n) is 10.7. The van der Waals surface area contributed by atoms with E-state index in [-0.39, 0.29) is 43.0 Å². The molecule has 0 saturated carbocycles. The number of hydrogen-bond donors (Lipinski definition) is 1. The quantitative estimate of drug-likeness (QED) is 0.401. The van der Waals surface area contributed by atoms with Crippen molar-refractivity contribution in [2.45, 2.75) is 31.8 Å². The summed E-state index contributed by atoms with van der Waals surface area (Å²) in [5.41, 5.74) is 4.12. The van der Waals surface area contributed by atoms with Crippen LogP contribution in [0.1, 0.15) is 30.6 Å². The summed E-state index contributed by atoms with van der Waals surface area (Å²) in [6.07, 6.45) is 3.73. The molecule has 1 unspecified atom stereocenters. The second kappa shape index (κ2) is 7.26. The largest absolute Gasteiger partial charge is 1.00 e. The second-order valence-corrected chi connectivity index (χ2v) is 9.36. The number of benzene rings is 1. The predicted molar refractivity (Wildman–Crippen MR) is 114 cm³/mol. The van der Waals surface area contributed by atoms with E-state index in [1.54, 1.807) is 7.11 Å². The third kappa shape index (κ3) is 2.44. The van der Waals surface area contributed by atoms with E-state index >= 15 is 0 Å². The molecule has 0 radical (unpaired) electrons. The number of aliphatic hydroxyl groups excluding tert-OH is 1. The van der Waals surface area contributed by atoms with Crippen molar-refractivity contribution in [3.63, 3.8) is 0 Å². The molecular formula is C24H31ClN2O4. The maximum atomic E-state index is 13.3. The molecule has 2 aromatic rings. The number of nitrogens with zero attached hydrogens (tertiary/aromatic N) is 2. The Morgan fingerprint density at radius 2 is 2.13 bits per heavy atom. The summed E-state index contributed by atoms with van der Waals surface area (Å²) in [6.45, 7) is 2.77. The monoisotopic (exact) mass is 446 g/mol. The second-order valence-electron chi connectivity index (χ2n) is 9.36. The summed E-state index contributed by atoms with van der Waals surface area (Å²) in [6, 6.07) is 6.45. The molecule has 5 atom stereocenters. The van der Waals surface area contributed by atoms with Gasteiger partial charge in [-0.25, -0.2) is 0 Å². The van der Waals surface area contributed by atoms with Crippen molar-refractivity contribution in [3.05, 3.63) is 41.1 Å². The number of allylic oxidation sites excluding steroid dienone is 1. The summed E-state index contributed by atoms with van der Waals surface area (Å²) in [5, 5.41) is 11.9. The minimum absolute atomic E-state index is 0. The van der Waals surface area contributed by atoms with Crippen LogP contribution in [0.4, 0.5) is 0 Å². The molecule has 5 heterocycles. The van der Waals surface area contributed by atoms with Crippen LogP contribution in [0.3, 0.4) is 0 Å². The third-order valence-electron chi connectivity index (χ3n) is 8.53. The van der Waals surface area contributed by atoms with Crippen LogP contribution < -0.4 is 17.1 Å². The van der Waals surface area contributed by atoms with Gasteiger partial charge in [-0.1, -0.05) is 18.2 Å². The Hall–Kier alpha value is -2.02. The number of piperidine rings is 3. The highest BCUT2D eigenvalue weighted by atomic mass is 35.5. The third-order valence-corrected chi connectivity index (χ3v) is 8.53.